The summed E-state index contributed by atoms with van der Waals surface area (Å²) in [5.41, 5.74) is -0.777. The van der Waals surface area contributed by atoms with E-state index in [1.807, 2.05) is 63.2 Å². The highest BCUT2D eigenvalue weighted by Crippen LogP contribution is 2.25. The van der Waals surface area contributed by atoms with Crippen LogP contribution in [0.3, 0.4) is 0 Å². The SMILES string of the molecule is CNC(=O)[C@@H](NC(=O)[C@H](Cc1ccc2ccccc2c1)[C@H](OCC(=O)NCCO)C(=O)OC(C)(C)C)C(C)(C)C. The Morgan fingerprint density at radius 1 is 0.925 bits per heavy atom. The van der Waals surface area contributed by atoms with Crippen molar-refractivity contribution in [2.45, 2.75) is 65.7 Å². The number of likely N-dealkylation sites (N-methyl/N-ethyl adjacent to an activating group) is 1. The number of amides is 3. The molecular weight excluding hydrogens is 514 g/mol. The van der Waals surface area contributed by atoms with Crippen molar-refractivity contribution in [3.63, 3.8) is 0 Å². The molecule has 0 radical (unpaired) electrons. The van der Waals surface area contributed by atoms with Crippen molar-refractivity contribution in [2.75, 3.05) is 26.8 Å². The van der Waals surface area contributed by atoms with Gasteiger partial charge in [0.1, 0.15) is 18.2 Å². The van der Waals surface area contributed by atoms with Crippen molar-refractivity contribution in [1.29, 1.82) is 0 Å². The van der Waals surface area contributed by atoms with Crippen LogP contribution in [0.1, 0.15) is 47.1 Å². The van der Waals surface area contributed by atoms with Gasteiger partial charge in [0.05, 0.1) is 12.5 Å². The average molecular weight is 558 g/mol. The molecule has 3 atom stereocenters. The predicted octanol–water partition coefficient (Wildman–Crippen LogP) is 2.11. The Hall–Kier alpha value is -3.50. The van der Waals surface area contributed by atoms with Crippen LogP contribution in [0.2, 0.25) is 0 Å². The summed E-state index contributed by atoms with van der Waals surface area (Å²) in [6, 6.07) is 12.6. The molecule has 0 unspecified atom stereocenters. The molecule has 0 aliphatic rings. The number of rotatable bonds is 12. The maximum atomic E-state index is 13.9. The normalized spacial score (nSPS) is 14.1. The second kappa shape index (κ2) is 14.2. The number of nitrogens with one attached hydrogen (secondary N) is 3. The van der Waals surface area contributed by atoms with Gasteiger partial charge in [0.2, 0.25) is 17.7 Å². The third-order valence-electron chi connectivity index (χ3n) is 6.10. The number of carbonyl (C=O) groups is 4. The highest BCUT2D eigenvalue weighted by Gasteiger charge is 2.41. The van der Waals surface area contributed by atoms with Gasteiger partial charge in [-0.3, -0.25) is 14.4 Å². The lowest BCUT2D eigenvalue weighted by atomic mass is 9.84. The van der Waals surface area contributed by atoms with E-state index in [4.69, 9.17) is 14.6 Å². The molecule has 4 N–H and O–H groups in total. The van der Waals surface area contributed by atoms with Crippen molar-refractivity contribution < 1.29 is 33.8 Å². The molecule has 2 aromatic carbocycles. The van der Waals surface area contributed by atoms with Gasteiger partial charge in [-0.2, -0.15) is 0 Å². The average Bonchev–Trinajstić information content (AvgIpc) is 2.87. The highest BCUT2D eigenvalue weighted by atomic mass is 16.6. The van der Waals surface area contributed by atoms with Crippen LogP contribution in [-0.4, -0.2) is 73.4 Å². The van der Waals surface area contributed by atoms with Gasteiger partial charge in [0, 0.05) is 13.6 Å². The van der Waals surface area contributed by atoms with Gasteiger partial charge in [-0.25, -0.2) is 4.79 Å². The van der Waals surface area contributed by atoms with E-state index in [0.29, 0.717) is 0 Å². The fourth-order valence-electron chi connectivity index (χ4n) is 4.15. The topological polar surface area (TPSA) is 143 Å². The number of benzene rings is 2. The van der Waals surface area contributed by atoms with Gasteiger partial charge in [0.25, 0.3) is 0 Å². The zero-order valence-electron chi connectivity index (χ0n) is 24.5. The van der Waals surface area contributed by atoms with Gasteiger partial charge in [-0.15, -0.1) is 0 Å². The first-order valence-corrected chi connectivity index (χ1v) is 13.4. The lowest BCUT2D eigenvalue weighted by Crippen LogP contribution is -2.56. The van der Waals surface area contributed by atoms with Gasteiger partial charge in [-0.1, -0.05) is 63.2 Å². The van der Waals surface area contributed by atoms with Crippen LogP contribution in [0.15, 0.2) is 42.5 Å². The fourth-order valence-corrected chi connectivity index (χ4v) is 4.15. The van der Waals surface area contributed by atoms with Crippen LogP contribution >= 0.6 is 0 Å². The minimum Gasteiger partial charge on any atom is -0.458 e. The molecule has 0 aromatic heterocycles. The monoisotopic (exact) mass is 557 g/mol. The summed E-state index contributed by atoms with van der Waals surface area (Å²) in [6.45, 7) is 9.74. The molecule has 3 amide bonds. The Morgan fingerprint density at radius 3 is 2.15 bits per heavy atom. The molecule has 0 bridgehead atoms. The zero-order chi connectivity index (χ0) is 30.1. The second-order valence-electron chi connectivity index (χ2n) is 11.8. The van der Waals surface area contributed by atoms with E-state index in [1.54, 1.807) is 20.8 Å². The summed E-state index contributed by atoms with van der Waals surface area (Å²) >= 11 is 0. The maximum Gasteiger partial charge on any atom is 0.336 e. The summed E-state index contributed by atoms with van der Waals surface area (Å²) in [4.78, 5) is 52.3. The fraction of sp³-hybridized carbons (Fsp3) is 0.533. The molecule has 0 aliphatic heterocycles. The van der Waals surface area contributed by atoms with E-state index < -0.39 is 53.5 Å². The molecule has 0 heterocycles. The van der Waals surface area contributed by atoms with Crippen LogP contribution in [0.4, 0.5) is 0 Å². The van der Waals surface area contributed by atoms with Gasteiger partial charge >= 0.3 is 5.97 Å². The predicted molar refractivity (Wildman–Crippen MR) is 152 cm³/mol. The number of esters is 1. The van der Waals surface area contributed by atoms with Gasteiger partial charge in [0.15, 0.2) is 6.10 Å². The summed E-state index contributed by atoms with van der Waals surface area (Å²) in [5, 5.41) is 18.8. The minimum absolute atomic E-state index is 0.0136. The molecule has 10 nitrogen and oxygen atoms in total. The number of aliphatic hydroxyl groups is 1. The van der Waals surface area contributed by atoms with Crippen molar-refractivity contribution in [2.24, 2.45) is 11.3 Å². The van der Waals surface area contributed by atoms with E-state index in [-0.39, 0.29) is 25.5 Å². The van der Waals surface area contributed by atoms with E-state index in [0.717, 1.165) is 16.3 Å². The summed E-state index contributed by atoms with van der Waals surface area (Å²) in [5.74, 6) is -3.50. The third kappa shape index (κ3) is 9.91. The Bertz CT molecular complexity index is 1180. The molecule has 0 fully saturated rings. The first kappa shape index (κ1) is 32.7. The molecule has 220 valence electrons. The Kier molecular flexibility index (Phi) is 11.6. The molecule has 2 aromatic rings. The molecule has 0 saturated carbocycles. The van der Waals surface area contributed by atoms with Crippen LogP contribution in [0, 0.1) is 11.3 Å². The summed E-state index contributed by atoms with van der Waals surface area (Å²) < 4.78 is 11.4. The lowest BCUT2D eigenvalue weighted by Gasteiger charge is -2.33. The number of hydrogen-bond donors (Lipinski definition) is 4. The van der Waals surface area contributed by atoms with Crippen molar-refractivity contribution in [1.82, 2.24) is 16.0 Å². The number of hydrogen-bond acceptors (Lipinski definition) is 7. The standard InChI is InChI=1S/C30H43N3O7/c1-29(2,3)25(27(37)31-7)33-26(36)22(17-19-12-13-20-10-8-9-11-21(20)16-19)24(28(38)40-30(4,5)6)39-18-23(35)32-14-15-34/h8-13,16,22,24-25,34H,14-15,17-18H2,1-7H3,(H,31,37)(H,32,35)(H,33,36)/t22-,24+,25-/m1/s1. The third-order valence-corrected chi connectivity index (χ3v) is 6.10. The number of fused-ring (bicyclic) bond motifs is 1. The number of aliphatic hydroxyl groups excluding tert-OH is 1. The zero-order valence-corrected chi connectivity index (χ0v) is 24.5. The Morgan fingerprint density at radius 2 is 1.57 bits per heavy atom. The van der Waals surface area contributed by atoms with Crippen LogP contribution in [-0.2, 0) is 35.1 Å². The molecule has 0 aliphatic carbocycles. The highest BCUT2D eigenvalue weighted by molar-refractivity contribution is 5.92. The van der Waals surface area contributed by atoms with Crippen molar-refractivity contribution in [3.8, 4) is 0 Å². The second-order valence-corrected chi connectivity index (χ2v) is 11.8. The first-order valence-electron chi connectivity index (χ1n) is 13.4. The Labute approximate surface area is 236 Å². The molecule has 10 heteroatoms. The maximum absolute atomic E-state index is 13.9. The quantitative estimate of drug-likeness (QED) is 0.293. The van der Waals surface area contributed by atoms with E-state index in [2.05, 4.69) is 16.0 Å². The summed E-state index contributed by atoms with van der Waals surface area (Å²) in [6.07, 6.45) is -1.39. The lowest BCUT2D eigenvalue weighted by molar-refractivity contribution is -0.175. The van der Waals surface area contributed by atoms with Gasteiger partial charge in [-0.05, 0) is 48.9 Å². The summed E-state index contributed by atoms with van der Waals surface area (Å²) in [7, 11) is 1.48. The molecule has 0 spiro atoms. The number of carbonyl (C=O) groups excluding carboxylic acids is 4. The van der Waals surface area contributed by atoms with E-state index in [9.17, 15) is 19.2 Å². The van der Waals surface area contributed by atoms with E-state index >= 15 is 0 Å². The number of ether oxygens (including phenoxy) is 2. The smallest absolute Gasteiger partial charge is 0.336 e. The molecule has 40 heavy (non-hydrogen) atoms. The Balaban J connectivity index is 2.52. The van der Waals surface area contributed by atoms with Gasteiger partial charge < -0.3 is 30.5 Å². The van der Waals surface area contributed by atoms with Crippen LogP contribution < -0.4 is 16.0 Å². The molecule has 2 rings (SSSR count). The van der Waals surface area contributed by atoms with Crippen LogP contribution in [0.25, 0.3) is 10.8 Å². The first-order chi connectivity index (χ1) is 18.7. The molecule has 0 saturated heterocycles. The van der Waals surface area contributed by atoms with E-state index in [1.165, 1.54) is 7.05 Å². The van der Waals surface area contributed by atoms with Crippen molar-refractivity contribution >= 4 is 34.5 Å². The van der Waals surface area contributed by atoms with Crippen molar-refractivity contribution in [3.05, 3.63) is 48.0 Å². The minimum atomic E-state index is -1.46. The van der Waals surface area contributed by atoms with Crippen LogP contribution in [0.5, 0.6) is 0 Å². The largest absolute Gasteiger partial charge is 0.458 e. The molecular formula is C30H43N3O7.